The molecule has 1 fully saturated rings. The number of hydrogen-bond acceptors (Lipinski definition) is 4. The molecule has 2 unspecified atom stereocenters. The summed E-state index contributed by atoms with van der Waals surface area (Å²) in [7, 11) is 3.20. The van der Waals surface area contributed by atoms with Crippen LogP contribution in [0.3, 0.4) is 0 Å². The topological polar surface area (TPSA) is 79.9 Å². The highest BCUT2D eigenvalue weighted by Crippen LogP contribution is 2.39. The molecule has 2 N–H and O–H groups in total. The summed E-state index contributed by atoms with van der Waals surface area (Å²) in [6, 6.07) is 5.46. The summed E-state index contributed by atoms with van der Waals surface area (Å²) in [6.45, 7) is 6.04. The molecular formula is C20H31N3O4. The number of nitrogens with one attached hydrogen (secondary N) is 2. The lowest BCUT2D eigenvalue weighted by atomic mass is 9.87. The second kappa shape index (κ2) is 10.0. The zero-order chi connectivity index (χ0) is 19.8. The summed E-state index contributed by atoms with van der Waals surface area (Å²) in [5.74, 6) is 0.904. The number of carbonyl (C=O) groups is 2. The number of likely N-dealkylation sites (tertiary alicyclic amines) is 1. The number of unbranched alkanes of at least 4 members (excludes halogenated alkanes) is 1. The monoisotopic (exact) mass is 377 g/mol. The molecular weight excluding hydrogens is 346 g/mol. The fourth-order valence-corrected chi connectivity index (χ4v) is 3.46. The van der Waals surface area contributed by atoms with E-state index in [2.05, 4.69) is 17.6 Å². The van der Waals surface area contributed by atoms with Crippen molar-refractivity contribution in [1.29, 1.82) is 0 Å². The van der Waals surface area contributed by atoms with E-state index in [4.69, 9.17) is 9.47 Å². The second-order valence-electron chi connectivity index (χ2n) is 6.71. The third kappa shape index (κ3) is 5.05. The summed E-state index contributed by atoms with van der Waals surface area (Å²) >= 11 is 0. The molecule has 2 atom stereocenters. The van der Waals surface area contributed by atoms with Gasteiger partial charge in [0.2, 0.25) is 5.91 Å². The Morgan fingerprint density at radius 2 is 1.93 bits per heavy atom. The van der Waals surface area contributed by atoms with Gasteiger partial charge in [0.05, 0.1) is 20.1 Å². The van der Waals surface area contributed by atoms with Crippen LogP contribution in [0.4, 0.5) is 4.79 Å². The number of nitrogens with zero attached hydrogens (tertiary/aromatic N) is 1. The Hall–Kier alpha value is -2.44. The van der Waals surface area contributed by atoms with Crippen molar-refractivity contribution in [3.05, 3.63) is 23.8 Å². The van der Waals surface area contributed by atoms with Crippen molar-refractivity contribution < 1.29 is 19.1 Å². The average molecular weight is 377 g/mol. The highest BCUT2D eigenvalue weighted by atomic mass is 16.5. The lowest BCUT2D eigenvalue weighted by molar-refractivity contribution is -0.124. The second-order valence-corrected chi connectivity index (χ2v) is 6.71. The molecule has 1 aromatic carbocycles. The maximum atomic E-state index is 12.8. The highest BCUT2D eigenvalue weighted by Gasteiger charge is 2.41. The molecule has 150 valence electrons. The van der Waals surface area contributed by atoms with Crippen LogP contribution in [0.5, 0.6) is 11.5 Å². The third-order valence-corrected chi connectivity index (χ3v) is 4.94. The molecule has 7 nitrogen and oxygen atoms in total. The van der Waals surface area contributed by atoms with Gasteiger partial charge < -0.3 is 25.0 Å². The molecule has 1 aromatic rings. The summed E-state index contributed by atoms with van der Waals surface area (Å²) < 4.78 is 10.8. The van der Waals surface area contributed by atoms with Crippen molar-refractivity contribution in [3.8, 4) is 11.5 Å². The van der Waals surface area contributed by atoms with E-state index in [0.29, 0.717) is 37.7 Å². The number of rotatable bonds is 8. The highest BCUT2D eigenvalue weighted by molar-refractivity contribution is 5.83. The number of urea groups is 1. The van der Waals surface area contributed by atoms with Crippen LogP contribution < -0.4 is 20.1 Å². The molecule has 0 aromatic heterocycles. The predicted molar refractivity (Wildman–Crippen MR) is 104 cm³/mol. The molecule has 0 radical (unpaired) electrons. The van der Waals surface area contributed by atoms with Gasteiger partial charge in [0.1, 0.15) is 11.5 Å². The van der Waals surface area contributed by atoms with Gasteiger partial charge >= 0.3 is 6.03 Å². The van der Waals surface area contributed by atoms with Crippen LogP contribution in [0.2, 0.25) is 0 Å². The van der Waals surface area contributed by atoms with Crippen molar-refractivity contribution in [2.75, 3.05) is 40.4 Å². The zero-order valence-electron chi connectivity index (χ0n) is 16.7. The van der Waals surface area contributed by atoms with Crippen LogP contribution >= 0.6 is 0 Å². The summed E-state index contributed by atoms with van der Waals surface area (Å²) in [4.78, 5) is 26.9. The first-order chi connectivity index (χ1) is 13.0. The molecule has 0 bridgehead atoms. The van der Waals surface area contributed by atoms with Crippen molar-refractivity contribution in [1.82, 2.24) is 15.5 Å². The van der Waals surface area contributed by atoms with E-state index in [1.54, 1.807) is 19.1 Å². The molecule has 1 saturated heterocycles. The summed E-state index contributed by atoms with van der Waals surface area (Å²) in [5, 5.41) is 5.84. The smallest absolute Gasteiger partial charge is 0.317 e. The first kappa shape index (κ1) is 20.9. The molecule has 0 aliphatic carbocycles. The average Bonchev–Trinajstić information content (AvgIpc) is 3.13. The Morgan fingerprint density at radius 3 is 2.56 bits per heavy atom. The molecule has 27 heavy (non-hydrogen) atoms. The molecule has 1 aliphatic heterocycles. The van der Waals surface area contributed by atoms with E-state index in [0.717, 1.165) is 18.4 Å². The summed E-state index contributed by atoms with van der Waals surface area (Å²) in [6.07, 6.45) is 1.96. The normalized spacial score (nSPS) is 18.9. The molecule has 7 heteroatoms. The number of benzene rings is 1. The molecule has 1 aliphatic rings. The lowest BCUT2D eigenvalue weighted by Gasteiger charge is -2.21. The van der Waals surface area contributed by atoms with E-state index >= 15 is 0 Å². The number of amides is 3. The molecule has 1 heterocycles. The van der Waals surface area contributed by atoms with Gasteiger partial charge in [-0.25, -0.2) is 4.79 Å². The fourth-order valence-electron chi connectivity index (χ4n) is 3.46. The lowest BCUT2D eigenvalue weighted by Crippen LogP contribution is -2.40. The SMILES string of the molecule is CCCCNC(=O)C1CN(C(=O)NCC)CC1c1ccc(OC)cc1OC. The van der Waals surface area contributed by atoms with Crippen molar-refractivity contribution in [3.63, 3.8) is 0 Å². The van der Waals surface area contributed by atoms with Crippen LogP contribution in [-0.4, -0.2) is 57.2 Å². The molecule has 2 rings (SSSR count). The van der Waals surface area contributed by atoms with Gasteiger partial charge in [-0.05, 0) is 19.4 Å². The van der Waals surface area contributed by atoms with Gasteiger partial charge in [0.15, 0.2) is 0 Å². The minimum absolute atomic E-state index is 0.0156. The zero-order valence-corrected chi connectivity index (χ0v) is 16.7. The Labute approximate surface area is 161 Å². The Morgan fingerprint density at radius 1 is 1.15 bits per heavy atom. The van der Waals surface area contributed by atoms with E-state index in [9.17, 15) is 9.59 Å². The minimum Gasteiger partial charge on any atom is -0.497 e. The van der Waals surface area contributed by atoms with Gasteiger partial charge in [-0.3, -0.25) is 4.79 Å². The fraction of sp³-hybridized carbons (Fsp3) is 0.600. The van der Waals surface area contributed by atoms with Crippen LogP contribution in [0.15, 0.2) is 18.2 Å². The van der Waals surface area contributed by atoms with E-state index in [1.807, 2.05) is 25.1 Å². The largest absolute Gasteiger partial charge is 0.497 e. The number of carbonyl (C=O) groups excluding carboxylic acids is 2. The maximum absolute atomic E-state index is 12.8. The van der Waals surface area contributed by atoms with E-state index in [1.165, 1.54) is 0 Å². The van der Waals surface area contributed by atoms with Gasteiger partial charge in [0, 0.05) is 43.7 Å². The summed E-state index contributed by atoms with van der Waals surface area (Å²) in [5.41, 5.74) is 0.917. The van der Waals surface area contributed by atoms with Crippen LogP contribution in [0.25, 0.3) is 0 Å². The number of methoxy groups -OCH3 is 2. The number of hydrogen-bond donors (Lipinski definition) is 2. The van der Waals surface area contributed by atoms with E-state index < -0.39 is 0 Å². The van der Waals surface area contributed by atoms with Crippen molar-refractivity contribution in [2.24, 2.45) is 5.92 Å². The Kier molecular flexibility index (Phi) is 7.76. The maximum Gasteiger partial charge on any atom is 0.317 e. The van der Waals surface area contributed by atoms with Crippen molar-refractivity contribution >= 4 is 11.9 Å². The molecule has 3 amide bonds. The minimum atomic E-state index is -0.313. The quantitative estimate of drug-likeness (QED) is 0.682. The third-order valence-electron chi connectivity index (χ3n) is 4.94. The number of ether oxygens (including phenoxy) is 2. The van der Waals surface area contributed by atoms with E-state index in [-0.39, 0.29) is 23.8 Å². The van der Waals surface area contributed by atoms with Crippen LogP contribution in [0.1, 0.15) is 38.2 Å². The first-order valence-electron chi connectivity index (χ1n) is 9.58. The van der Waals surface area contributed by atoms with Crippen LogP contribution in [0, 0.1) is 5.92 Å². The van der Waals surface area contributed by atoms with Gasteiger partial charge in [-0.15, -0.1) is 0 Å². The molecule has 0 spiro atoms. The first-order valence-corrected chi connectivity index (χ1v) is 9.58. The van der Waals surface area contributed by atoms with Crippen molar-refractivity contribution in [2.45, 2.75) is 32.6 Å². The van der Waals surface area contributed by atoms with Crippen LogP contribution in [-0.2, 0) is 4.79 Å². The predicted octanol–water partition coefficient (Wildman–Crippen LogP) is 2.37. The van der Waals surface area contributed by atoms with Gasteiger partial charge in [-0.1, -0.05) is 19.4 Å². The van der Waals surface area contributed by atoms with Gasteiger partial charge in [0.25, 0.3) is 0 Å². The van der Waals surface area contributed by atoms with Gasteiger partial charge in [-0.2, -0.15) is 0 Å². The Balaban J connectivity index is 2.28. The standard InChI is InChI=1S/C20H31N3O4/c1-5-7-10-22-19(24)17-13-23(20(25)21-6-2)12-16(17)15-9-8-14(26-3)11-18(15)27-4/h8-9,11,16-17H,5-7,10,12-13H2,1-4H3,(H,21,25)(H,22,24). The molecule has 0 saturated carbocycles. The Bertz CT molecular complexity index is 650.